The van der Waals surface area contributed by atoms with Gasteiger partial charge in [-0.15, -0.1) is 0 Å². The van der Waals surface area contributed by atoms with Gasteiger partial charge in [-0.2, -0.15) is 4.31 Å². The van der Waals surface area contributed by atoms with Crippen LogP contribution in [0.2, 0.25) is 0 Å². The van der Waals surface area contributed by atoms with Gasteiger partial charge in [-0.25, -0.2) is 8.42 Å². The standard InChI is InChI=1S/C19H28N2O3S/c1-19(2,3)16-7-9-17(10-8-16)25(23,24)21-12-11-20(14-22)18(13-21)15-5-4-6-15/h7-10,14-15,18H,4-6,11-13H2,1-3H3/t18-/m1/s1. The second-order valence-corrected chi connectivity index (χ2v) is 10.2. The summed E-state index contributed by atoms with van der Waals surface area (Å²) in [5.74, 6) is 0.437. The Hall–Kier alpha value is -1.40. The predicted molar refractivity (Wildman–Crippen MR) is 97.8 cm³/mol. The summed E-state index contributed by atoms with van der Waals surface area (Å²) in [6, 6.07) is 7.24. The van der Waals surface area contributed by atoms with E-state index in [4.69, 9.17) is 0 Å². The van der Waals surface area contributed by atoms with Gasteiger partial charge in [0.15, 0.2) is 0 Å². The maximum Gasteiger partial charge on any atom is 0.243 e. The number of rotatable bonds is 4. The second kappa shape index (κ2) is 6.72. The van der Waals surface area contributed by atoms with Crippen molar-refractivity contribution in [2.24, 2.45) is 5.92 Å². The lowest BCUT2D eigenvalue weighted by molar-refractivity contribution is -0.124. The van der Waals surface area contributed by atoms with E-state index in [0.29, 0.717) is 30.4 Å². The first-order valence-corrected chi connectivity index (χ1v) is 10.5. The molecule has 1 amide bonds. The van der Waals surface area contributed by atoms with E-state index in [1.807, 2.05) is 12.1 Å². The molecule has 138 valence electrons. The first-order chi connectivity index (χ1) is 11.7. The fourth-order valence-corrected chi connectivity index (χ4v) is 5.12. The van der Waals surface area contributed by atoms with E-state index in [0.717, 1.165) is 24.8 Å². The van der Waals surface area contributed by atoms with Crippen molar-refractivity contribution in [3.63, 3.8) is 0 Å². The molecule has 0 unspecified atom stereocenters. The highest BCUT2D eigenvalue weighted by molar-refractivity contribution is 7.89. The molecule has 3 rings (SSSR count). The van der Waals surface area contributed by atoms with Crippen molar-refractivity contribution >= 4 is 16.4 Å². The van der Waals surface area contributed by atoms with Gasteiger partial charge in [-0.05, 0) is 41.9 Å². The Morgan fingerprint density at radius 3 is 2.20 bits per heavy atom. The first-order valence-electron chi connectivity index (χ1n) is 9.05. The van der Waals surface area contributed by atoms with Gasteiger partial charge in [-0.1, -0.05) is 39.3 Å². The molecule has 6 heteroatoms. The van der Waals surface area contributed by atoms with Crippen molar-refractivity contribution in [2.45, 2.75) is 56.4 Å². The maximum absolute atomic E-state index is 13.0. The number of nitrogens with zero attached hydrogens (tertiary/aromatic N) is 2. The monoisotopic (exact) mass is 364 g/mol. The molecule has 0 aromatic heterocycles. The molecule has 0 radical (unpaired) electrons. The number of piperazine rings is 1. The van der Waals surface area contributed by atoms with Crippen molar-refractivity contribution in [1.29, 1.82) is 0 Å². The summed E-state index contributed by atoms with van der Waals surface area (Å²) in [6.07, 6.45) is 4.23. The lowest BCUT2D eigenvalue weighted by atomic mass is 9.78. The van der Waals surface area contributed by atoms with Crippen LogP contribution in [0.25, 0.3) is 0 Å². The summed E-state index contributed by atoms with van der Waals surface area (Å²) in [6.45, 7) is 7.58. The molecule has 0 bridgehead atoms. The molecule has 1 atom stereocenters. The fourth-order valence-electron chi connectivity index (χ4n) is 3.67. The van der Waals surface area contributed by atoms with Crippen LogP contribution in [0.1, 0.15) is 45.6 Å². The predicted octanol–water partition coefficient (Wildman–Crippen LogP) is 2.62. The molecule has 1 saturated heterocycles. The second-order valence-electron chi connectivity index (χ2n) is 8.24. The summed E-state index contributed by atoms with van der Waals surface area (Å²) >= 11 is 0. The quantitative estimate of drug-likeness (QED) is 0.772. The SMILES string of the molecule is CC(C)(C)c1ccc(S(=O)(=O)N2CCN(C=O)[C@@H](C3CCC3)C2)cc1. The maximum atomic E-state index is 13.0. The molecular weight excluding hydrogens is 336 g/mol. The molecule has 0 spiro atoms. The zero-order valence-electron chi connectivity index (χ0n) is 15.3. The van der Waals surface area contributed by atoms with Gasteiger partial charge in [-0.3, -0.25) is 4.79 Å². The van der Waals surface area contributed by atoms with Gasteiger partial charge < -0.3 is 4.90 Å². The molecule has 1 heterocycles. The summed E-state index contributed by atoms with van der Waals surface area (Å²) in [5, 5.41) is 0. The Labute approximate surface area is 151 Å². The number of benzene rings is 1. The Morgan fingerprint density at radius 2 is 1.72 bits per heavy atom. The smallest absolute Gasteiger partial charge is 0.243 e. The number of hydrogen-bond acceptors (Lipinski definition) is 3. The molecule has 2 fully saturated rings. The van der Waals surface area contributed by atoms with E-state index in [1.165, 1.54) is 6.42 Å². The lowest BCUT2D eigenvalue weighted by Crippen LogP contribution is -2.57. The van der Waals surface area contributed by atoms with Gasteiger partial charge in [0.25, 0.3) is 0 Å². The zero-order chi connectivity index (χ0) is 18.2. The molecular formula is C19H28N2O3S. The molecule has 1 aliphatic carbocycles. The minimum atomic E-state index is -3.52. The molecule has 5 nitrogen and oxygen atoms in total. The van der Waals surface area contributed by atoms with Gasteiger partial charge >= 0.3 is 0 Å². The Bertz CT molecular complexity index is 718. The number of carbonyl (C=O) groups excluding carboxylic acids is 1. The van der Waals surface area contributed by atoms with Gasteiger partial charge in [0, 0.05) is 25.7 Å². The fraction of sp³-hybridized carbons (Fsp3) is 0.632. The highest BCUT2D eigenvalue weighted by atomic mass is 32.2. The molecule has 1 saturated carbocycles. The molecule has 1 aliphatic heterocycles. The number of sulfonamides is 1. The van der Waals surface area contributed by atoms with Crippen LogP contribution in [0.4, 0.5) is 0 Å². The van der Waals surface area contributed by atoms with E-state index < -0.39 is 10.0 Å². The number of amides is 1. The third kappa shape index (κ3) is 3.60. The zero-order valence-corrected chi connectivity index (χ0v) is 16.1. The van der Waals surface area contributed by atoms with Crippen molar-refractivity contribution < 1.29 is 13.2 Å². The molecule has 0 N–H and O–H groups in total. The molecule has 25 heavy (non-hydrogen) atoms. The van der Waals surface area contributed by atoms with E-state index in [1.54, 1.807) is 21.3 Å². The summed E-state index contributed by atoms with van der Waals surface area (Å²) < 4.78 is 27.6. The first kappa shape index (κ1) is 18.4. The molecule has 1 aromatic carbocycles. The van der Waals surface area contributed by atoms with Gasteiger partial charge in [0.1, 0.15) is 0 Å². The van der Waals surface area contributed by atoms with E-state index in [9.17, 15) is 13.2 Å². The van der Waals surface area contributed by atoms with E-state index in [2.05, 4.69) is 20.8 Å². The number of hydrogen-bond donors (Lipinski definition) is 0. The minimum Gasteiger partial charge on any atom is -0.339 e. The summed E-state index contributed by atoms with van der Waals surface area (Å²) in [5.41, 5.74) is 1.11. The van der Waals surface area contributed by atoms with Crippen LogP contribution < -0.4 is 0 Å². The van der Waals surface area contributed by atoms with Crippen LogP contribution in [-0.2, 0) is 20.2 Å². The van der Waals surface area contributed by atoms with E-state index in [-0.39, 0.29) is 11.5 Å². The van der Waals surface area contributed by atoms with Crippen molar-refractivity contribution in [3.8, 4) is 0 Å². The summed E-state index contributed by atoms with van der Waals surface area (Å²) in [7, 11) is -3.52. The minimum absolute atomic E-state index is 0.00675. The molecule has 2 aliphatic rings. The van der Waals surface area contributed by atoms with Crippen LogP contribution in [-0.4, -0.2) is 49.7 Å². The van der Waals surface area contributed by atoms with Gasteiger partial charge in [0.2, 0.25) is 16.4 Å². The topological polar surface area (TPSA) is 57.7 Å². The highest BCUT2D eigenvalue weighted by Crippen LogP contribution is 2.34. The summed E-state index contributed by atoms with van der Waals surface area (Å²) in [4.78, 5) is 13.5. The normalized spacial score (nSPS) is 23.3. The van der Waals surface area contributed by atoms with Crippen LogP contribution in [0.15, 0.2) is 29.2 Å². The van der Waals surface area contributed by atoms with Crippen molar-refractivity contribution in [3.05, 3.63) is 29.8 Å². The Kier molecular flexibility index (Phi) is 4.95. The lowest BCUT2D eigenvalue weighted by Gasteiger charge is -2.45. The average molecular weight is 365 g/mol. The van der Waals surface area contributed by atoms with Crippen LogP contribution in [0.3, 0.4) is 0 Å². The van der Waals surface area contributed by atoms with Crippen LogP contribution in [0, 0.1) is 5.92 Å². The largest absolute Gasteiger partial charge is 0.339 e. The van der Waals surface area contributed by atoms with Gasteiger partial charge in [0.05, 0.1) is 4.90 Å². The van der Waals surface area contributed by atoms with Crippen molar-refractivity contribution in [2.75, 3.05) is 19.6 Å². The highest BCUT2D eigenvalue weighted by Gasteiger charge is 2.39. The van der Waals surface area contributed by atoms with Crippen LogP contribution in [0.5, 0.6) is 0 Å². The average Bonchev–Trinajstić information content (AvgIpc) is 2.52. The molecule has 1 aromatic rings. The Morgan fingerprint density at radius 1 is 1.08 bits per heavy atom. The van der Waals surface area contributed by atoms with Crippen LogP contribution >= 0.6 is 0 Å². The van der Waals surface area contributed by atoms with E-state index >= 15 is 0 Å². The third-order valence-corrected chi connectivity index (χ3v) is 7.49. The number of carbonyl (C=O) groups is 1. The van der Waals surface area contributed by atoms with Crippen molar-refractivity contribution in [1.82, 2.24) is 9.21 Å². The Balaban J connectivity index is 1.80. The third-order valence-electron chi connectivity index (χ3n) is 5.61.